The van der Waals surface area contributed by atoms with Crippen molar-refractivity contribution < 1.29 is 75.8 Å². The van der Waals surface area contributed by atoms with E-state index in [2.05, 4.69) is 142 Å². The SMILES string of the molecule is CC/C=C\C/C=C\C/C=C\C/C=C\CCCCCCCCC(=O)OCC(COP(=O)(O)OCC(O)COP(=O)(O)OCC(O)COC(=O)CCCCCCCCCCCCCCCCCCC/C=C\C/C=C\C/C=C\C/C=C\CCCCC)OC(=O)CCCCCCC/C=C\C/C=C\CCCCC. The lowest BCUT2D eigenvalue weighted by Crippen LogP contribution is -2.30. The summed E-state index contributed by atoms with van der Waals surface area (Å²) in [6.45, 7) is 2.50. The maximum absolute atomic E-state index is 13.0. The molecule has 0 aliphatic heterocycles. The molecule has 0 fully saturated rings. The highest BCUT2D eigenvalue weighted by molar-refractivity contribution is 7.47. The maximum Gasteiger partial charge on any atom is 0.472 e. The molecule has 0 heterocycles. The lowest BCUT2D eigenvalue weighted by Gasteiger charge is -2.21. The van der Waals surface area contributed by atoms with Crippen molar-refractivity contribution in [2.24, 2.45) is 0 Å². The van der Waals surface area contributed by atoms with Crippen molar-refractivity contribution in [2.45, 2.75) is 360 Å². The largest absolute Gasteiger partial charge is 0.472 e. The summed E-state index contributed by atoms with van der Waals surface area (Å²) >= 11 is 0. The summed E-state index contributed by atoms with van der Waals surface area (Å²) in [7, 11) is -9.80. The zero-order valence-corrected chi connectivity index (χ0v) is 66.7. The monoisotopic (exact) mass is 1490 g/mol. The molecule has 0 aliphatic rings. The summed E-state index contributed by atoms with van der Waals surface area (Å²) in [5, 5.41) is 20.6. The van der Waals surface area contributed by atoms with Crippen LogP contribution in [0.5, 0.6) is 0 Å². The lowest BCUT2D eigenvalue weighted by molar-refractivity contribution is -0.161. The van der Waals surface area contributed by atoms with Gasteiger partial charge < -0.3 is 34.2 Å². The highest BCUT2D eigenvalue weighted by Gasteiger charge is 2.29. The minimum atomic E-state index is -4.94. The Morgan fingerprint density at radius 1 is 0.282 bits per heavy atom. The molecule has 0 spiro atoms. The van der Waals surface area contributed by atoms with Crippen LogP contribution >= 0.6 is 15.6 Å². The zero-order valence-electron chi connectivity index (χ0n) is 65.0. The number of phosphoric ester groups is 2. The Bertz CT molecular complexity index is 2360. The first-order chi connectivity index (χ1) is 50.2. The molecule has 0 amide bonds. The van der Waals surface area contributed by atoms with E-state index >= 15 is 0 Å². The molecule has 0 rings (SSSR count). The molecule has 0 aromatic rings. The minimum Gasteiger partial charge on any atom is -0.463 e. The van der Waals surface area contributed by atoms with Crippen molar-refractivity contribution in [3.8, 4) is 0 Å². The molecule has 16 nitrogen and oxygen atoms in total. The zero-order chi connectivity index (χ0) is 75.2. The number of carbonyl (C=O) groups is 3. The van der Waals surface area contributed by atoms with Crippen LogP contribution in [0, 0.1) is 0 Å². The standard InChI is InChI=1S/C85H148O16P2/c1-4-7-10-13-16-19-22-25-28-30-32-33-34-35-36-37-38-39-40-41-42-43-44-45-47-49-51-53-56-59-62-65-68-71-83(88)95-74-80(86)75-97-102(91,92)98-76-81(87)77-99-103(93,94)100-79-82(101-85(90)73-70-67-64-61-58-55-50-27-24-21-18-15-12-9-6-3)78-96-84(89)72-69-66-63-60-57-54-52-48-46-31-29-26-23-20-17-14-11-8-5-2/h8,11,16-21,25-29,32-33,35-36,46,48,50,80-82,86-87H,4-7,9-10,12-15,22-24,30-31,34,37-45,47,49,51-79H2,1-3H3,(H,91,92)(H,93,94)/b11-8-,19-16-,20-17-,21-18-,28-25-,29-26-,33-32-,36-35-,48-46-,50-27-. The quantitative estimate of drug-likeness (QED) is 0.0146. The molecule has 0 saturated carbocycles. The predicted molar refractivity (Wildman–Crippen MR) is 427 cm³/mol. The van der Waals surface area contributed by atoms with Crippen molar-refractivity contribution >= 4 is 33.6 Å². The third kappa shape index (κ3) is 78.8. The van der Waals surface area contributed by atoms with E-state index in [-0.39, 0.29) is 19.3 Å². The summed E-state index contributed by atoms with van der Waals surface area (Å²) in [4.78, 5) is 58.6. The van der Waals surface area contributed by atoms with Crippen LogP contribution in [0.3, 0.4) is 0 Å². The minimum absolute atomic E-state index is 0.0837. The molecule has 0 aromatic heterocycles. The topological polar surface area (TPSA) is 231 Å². The van der Waals surface area contributed by atoms with E-state index in [1.165, 1.54) is 135 Å². The van der Waals surface area contributed by atoms with Crippen LogP contribution in [0.1, 0.15) is 342 Å². The molecule has 4 N–H and O–H groups in total. The fourth-order valence-corrected chi connectivity index (χ4v) is 12.5. The summed E-state index contributed by atoms with van der Waals surface area (Å²) in [6.07, 6.45) is 92.6. The summed E-state index contributed by atoms with van der Waals surface area (Å²) in [5.41, 5.74) is 0. The number of esters is 3. The molecule has 0 aromatic carbocycles. The molecular weight excluding hydrogens is 1340 g/mol. The summed E-state index contributed by atoms with van der Waals surface area (Å²) in [5.74, 6) is -1.60. The summed E-state index contributed by atoms with van der Waals surface area (Å²) < 4.78 is 61.1. The Morgan fingerprint density at radius 2 is 0.515 bits per heavy atom. The number of unbranched alkanes of at least 4 members (excludes halogenated alkanes) is 34. The predicted octanol–water partition coefficient (Wildman–Crippen LogP) is 24.1. The Balaban J connectivity index is 4.44. The van der Waals surface area contributed by atoms with E-state index < -0.39 is 91.5 Å². The number of ether oxygens (including phenoxy) is 3. The van der Waals surface area contributed by atoms with Gasteiger partial charge >= 0.3 is 33.6 Å². The van der Waals surface area contributed by atoms with Gasteiger partial charge in [0.1, 0.15) is 25.4 Å². The second-order valence-electron chi connectivity index (χ2n) is 27.2. The van der Waals surface area contributed by atoms with Gasteiger partial charge in [-0.1, -0.05) is 309 Å². The average Bonchev–Trinajstić information content (AvgIpc) is 0.917. The van der Waals surface area contributed by atoms with Crippen molar-refractivity contribution in [2.75, 3.05) is 39.6 Å². The second-order valence-corrected chi connectivity index (χ2v) is 30.1. The molecule has 18 heteroatoms. The highest BCUT2D eigenvalue weighted by atomic mass is 31.2. The Labute approximate surface area is 627 Å². The number of phosphoric acid groups is 2. The van der Waals surface area contributed by atoms with Crippen molar-refractivity contribution in [1.82, 2.24) is 0 Å². The van der Waals surface area contributed by atoms with Crippen LogP contribution in [-0.4, -0.2) is 95.9 Å². The molecular formula is C85H148O16P2. The molecule has 594 valence electrons. The van der Waals surface area contributed by atoms with Gasteiger partial charge in [-0.05, 0) is 135 Å². The molecule has 103 heavy (non-hydrogen) atoms. The number of hydrogen-bond acceptors (Lipinski definition) is 14. The van der Waals surface area contributed by atoms with Crippen LogP contribution in [-0.2, 0) is 55.8 Å². The lowest BCUT2D eigenvalue weighted by atomic mass is 10.0. The normalized spacial score (nSPS) is 14.6. The van der Waals surface area contributed by atoms with Crippen molar-refractivity contribution in [3.05, 3.63) is 122 Å². The fourth-order valence-electron chi connectivity index (χ4n) is 10.9. The van der Waals surface area contributed by atoms with Crippen LogP contribution in [0.4, 0.5) is 0 Å². The number of aliphatic hydroxyl groups excluding tert-OH is 2. The molecule has 0 radical (unpaired) electrons. The van der Waals surface area contributed by atoms with Crippen LogP contribution in [0.2, 0.25) is 0 Å². The van der Waals surface area contributed by atoms with Crippen LogP contribution in [0.15, 0.2) is 122 Å². The van der Waals surface area contributed by atoms with Gasteiger partial charge in [-0.3, -0.25) is 32.5 Å². The van der Waals surface area contributed by atoms with Gasteiger partial charge in [0.25, 0.3) is 0 Å². The third-order valence-electron chi connectivity index (χ3n) is 17.1. The number of aliphatic hydroxyl groups is 2. The van der Waals surface area contributed by atoms with Gasteiger partial charge in [-0.15, -0.1) is 0 Å². The fraction of sp³-hybridized carbons (Fsp3) is 0.729. The first-order valence-corrected chi connectivity index (χ1v) is 43.8. The molecule has 0 saturated heterocycles. The number of allylic oxidation sites excluding steroid dienone is 20. The third-order valence-corrected chi connectivity index (χ3v) is 19.0. The van der Waals surface area contributed by atoms with Gasteiger partial charge in [0.05, 0.1) is 26.4 Å². The molecule has 0 bridgehead atoms. The second kappa shape index (κ2) is 77.6. The Hall–Kier alpha value is -4.05. The highest BCUT2D eigenvalue weighted by Crippen LogP contribution is 2.45. The van der Waals surface area contributed by atoms with Crippen molar-refractivity contribution in [3.63, 3.8) is 0 Å². The number of carbonyl (C=O) groups excluding carboxylic acids is 3. The Morgan fingerprint density at radius 3 is 0.816 bits per heavy atom. The van der Waals surface area contributed by atoms with Gasteiger partial charge in [0, 0.05) is 19.3 Å². The van der Waals surface area contributed by atoms with Gasteiger partial charge in [0.15, 0.2) is 6.10 Å². The molecule has 5 atom stereocenters. The van der Waals surface area contributed by atoms with E-state index in [0.29, 0.717) is 19.3 Å². The van der Waals surface area contributed by atoms with E-state index in [1.54, 1.807) is 0 Å². The first kappa shape index (κ1) is 98.9. The van der Waals surface area contributed by atoms with E-state index in [4.69, 9.17) is 32.3 Å². The first-order valence-electron chi connectivity index (χ1n) is 40.8. The van der Waals surface area contributed by atoms with Gasteiger partial charge in [0.2, 0.25) is 0 Å². The van der Waals surface area contributed by atoms with Crippen LogP contribution < -0.4 is 0 Å². The molecule has 0 aliphatic carbocycles. The number of hydrogen-bond donors (Lipinski definition) is 4. The summed E-state index contributed by atoms with van der Waals surface area (Å²) in [6, 6.07) is 0. The van der Waals surface area contributed by atoms with E-state index in [9.17, 15) is 43.5 Å². The van der Waals surface area contributed by atoms with Crippen molar-refractivity contribution in [1.29, 1.82) is 0 Å². The average molecular weight is 1490 g/mol. The maximum atomic E-state index is 13.0. The van der Waals surface area contributed by atoms with Crippen LogP contribution in [0.25, 0.3) is 0 Å². The van der Waals surface area contributed by atoms with E-state index in [0.717, 1.165) is 148 Å². The van der Waals surface area contributed by atoms with Gasteiger partial charge in [-0.25, -0.2) is 9.13 Å². The van der Waals surface area contributed by atoms with Gasteiger partial charge in [-0.2, -0.15) is 0 Å². The smallest absolute Gasteiger partial charge is 0.463 e. The Kier molecular flexibility index (Phi) is 74.5. The number of rotatable bonds is 77. The molecule has 5 unspecified atom stereocenters. The van der Waals surface area contributed by atoms with E-state index in [1.807, 2.05) is 0 Å².